The summed E-state index contributed by atoms with van der Waals surface area (Å²) in [5.41, 5.74) is 0.0105. The van der Waals surface area contributed by atoms with E-state index in [1.807, 2.05) is 0 Å². The summed E-state index contributed by atoms with van der Waals surface area (Å²) in [5, 5.41) is 31.4. The van der Waals surface area contributed by atoms with Crippen LogP contribution < -0.4 is 0 Å². The Morgan fingerprint density at radius 3 is 2.32 bits per heavy atom. The van der Waals surface area contributed by atoms with E-state index in [1.165, 1.54) is 12.8 Å². The third-order valence-corrected chi connectivity index (χ3v) is 8.70. The lowest BCUT2D eigenvalue weighted by Crippen LogP contribution is -2.59. The predicted molar refractivity (Wildman–Crippen MR) is 85.1 cm³/mol. The van der Waals surface area contributed by atoms with E-state index in [1.54, 1.807) is 0 Å². The SMILES string of the molecule is C[C@]12CC[C@@H](O)C[C@H]1CC[C@@H]1[C@@H]2C[C@H](O)[C@]2(C)[C@@H](O)CC[C@@H]12. The van der Waals surface area contributed by atoms with Gasteiger partial charge in [0.05, 0.1) is 18.3 Å². The van der Waals surface area contributed by atoms with Crippen molar-refractivity contribution in [3.63, 3.8) is 0 Å². The van der Waals surface area contributed by atoms with E-state index in [0.717, 1.165) is 38.5 Å². The van der Waals surface area contributed by atoms with E-state index in [4.69, 9.17) is 0 Å². The molecular formula is C19H32O3. The number of hydrogen-bond acceptors (Lipinski definition) is 3. The van der Waals surface area contributed by atoms with Crippen molar-refractivity contribution in [2.24, 2.45) is 34.5 Å². The van der Waals surface area contributed by atoms with Crippen molar-refractivity contribution >= 4 is 0 Å². The quantitative estimate of drug-likeness (QED) is 0.645. The predicted octanol–water partition coefficient (Wildman–Crippen LogP) is 2.72. The van der Waals surface area contributed by atoms with E-state index >= 15 is 0 Å². The Labute approximate surface area is 134 Å². The first-order valence-electron chi connectivity index (χ1n) is 9.41. The van der Waals surface area contributed by atoms with Crippen LogP contribution in [0, 0.1) is 34.5 Å². The summed E-state index contributed by atoms with van der Waals surface area (Å²) in [6.07, 6.45) is 7.46. The average molecular weight is 308 g/mol. The lowest BCUT2D eigenvalue weighted by Gasteiger charge is -2.61. The molecule has 4 fully saturated rings. The molecule has 0 amide bonds. The van der Waals surface area contributed by atoms with Crippen LogP contribution in [0.15, 0.2) is 0 Å². The normalized spacial score (nSPS) is 61.2. The molecule has 0 saturated heterocycles. The molecule has 0 aromatic carbocycles. The van der Waals surface area contributed by atoms with Crippen molar-refractivity contribution < 1.29 is 15.3 Å². The van der Waals surface area contributed by atoms with Crippen LogP contribution in [0.5, 0.6) is 0 Å². The van der Waals surface area contributed by atoms with Crippen molar-refractivity contribution in [1.82, 2.24) is 0 Å². The van der Waals surface area contributed by atoms with Crippen LogP contribution in [0.1, 0.15) is 65.2 Å². The van der Waals surface area contributed by atoms with E-state index < -0.39 is 0 Å². The summed E-state index contributed by atoms with van der Waals surface area (Å²) in [6.45, 7) is 4.57. The molecule has 4 rings (SSSR count). The topological polar surface area (TPSA) is 60.7 Å². The van der Waals surface area contributed by atoms with Gasteiger partial charge in [-0.1, -0.05) is 13.8 Å². The van der Waals surface area contributed by atoms with Crippen molar-refractivity contribution in [2.75, 3.05) is 0 Å². The molecular weight excluding hydrogens is 276 g/mol. The molecule has 0 aromatic rings. The van der Waals surface area contributed by atoms with Gasteiger partial charge in [-0.05, 0) is 80.5 Å². The minimum atomic E-state index is -0.362. The molecule has 3 nitrogen and oxygen atoms in total. The molecule has 22 heavy (non-hydrogen) atoms. The molecule has 126 valence electrons. The maximum Gasteiger partial charge on any atom is 0.0624 e. The van der Waals surface area contributed by atoms with Gasteiger partial charge in [-0.15, -0.1) is 0 Å². The van der Waals surface area contributed by atoms with Gasteiger partial charge in [0.1, 0.15) is 0 Å². The highest BCUT2D eigenvalue weighted by Crippen LogP contribution is 2.66. The fourth-order valence-electron chi connectivity index (χ4n) is 7.19. The molecule has 0 heterocycles. The number of aliphatic hydroxyl groups is 3. The summed E-state index contributed by atoms with van der Waals surface area (Å²) in [4.78, 5) is 0. The second kappa shape index (κ2) is 4.94. The Balaban J connectivity index is 1.66. The summed E-state index contributed by atoms with van der Waals surface area (Å²) >= 11 is 0. The van der Waals surface area contributed by atoms with Crippen LogP contribution in [-0.4, -0.2) is 33.6 Å². The van der Waals surface area contributed by atoms with E-state index in [0.29, 0.717) is 23.7 Å². The number of rotatable bonds is 0. The Bertz CT molecular complexity index is 452. The van der Waals surface area contributed by atoms with Gasteiger partial charge in [0.25, 0.3) is 0 Å². The zero-order chi connectivity index (χ0) is 15.7. The first kappa shape index (κ1) is 15.4. The Kier molecular flexibility index (Phi) is 3.46. The monoisotopic (exact) mass is 308 g/mol. The molecule has 0 unspecified atom stereocenters. The zero-order valence-corrected chi connectivity index (χ0v) is 14.0. The van der Waals surface area contributed by atoms with Gasteiger partial charge in [0, 0.05) is 5.41 Å². The highest BCUT2D eigenvalue weighted by atomic mass is 16.3. The molecule has 3 heteroatoms. The minimum Gasteiger partial charge on any atom is -0.393 e. The number of fused-ring (bicyclic) bond motifs is 5. The molecule has 9 atom stereocenters. The van der Waals surface area contributed by atoms with Crippen molar-refractivity contribution in [3.05, 3.63) is 0 Å². The van der Waals surface area contributed by atoms with Gasteiger partial charge in [-0.2, -0.15) is 0 Å². The van der Waals surface area contributed by atoms with Crippen LogP contribution in [0.4, 0.5) is 0 Å². The Morgan fingerprint density at radius 1 is 0.773 bits per heavy atom. The molecule has 0 aliphatic heterocycles. The minimum absolute atomic E-state index is 0.110. The molecule has 4 aliphatic carbocycles. The zero-order valence-electron chi connectivity index (χ0n) is 14.0. The highest BCUT2D eigenvalue weighted by Gasteiger charge is 2.63. The summed E-state index contributed by atoms with van der Waals surface area (Å²) in [5.74, 6) is 2.36. The van der Waals surface area contributed by atoms with Crippen LogP contribution in [0.25, 0.3) is 0 Å². The third-order valence-electron chi connectivity index (χ3n) is 8.70. The molecule has 4 saturated carbocycles. The summed E-state index contributed by atoms with van der Waals surface area (Å²) in [7, 11) is 0. The van der Waals surface area contributed by atoms with Gasteiger partial charge >= 0.3 is 0 Å². The third kappa shape index (κ3) is 1.85. The standard InChI is InChI=1S/C19H32O3/c1-18-8-7-12(20)9-11(18)3-4-13-14-5-6-16(21)19(14,2)17(22)10-15(13)18/h11-17,20-22H,3-10H2,1-2H3/t11-,12-,13+,14+,15+,16+,17+,18+,19+/m1/s1. The fourth-order valence-corrected chi connectivity index (χ4v) is 7.19. The Morgan fingerprint density at radius 2 is 1.55 bits per heavy atom. The van der Waals surface area contributed by atoms with Gasteiger partial charge in [-0.3, -0.25) is 0 Å². The van der Waals surface area contributed by atoms with Crippen LogP contribution in [0.2, 0.25) is 0 Å². The maximum absolute atomic E-state index is 10.9. The Hall–Kier alpha value is -0.120. The van der Waals surface area contributed by atoms with E-state index in [9.17, 15) is 15.3 Å². The van der Waals surface area contributed by atoms with Crippen LogP contribution >= 0.6 is 0 Å². The fraction of sp³-hybridized carbons (Fsp3) is 1.00. The second-order valence-electron chi connectivity index (χ2n) is 9.30. The van der Waals surface area contributed by atoms with Gasteiger partial charge in [0.2, 0.25) is 0 Å². The van der Waals surface area contributed by atoms with Crippen molar-refractivity contribution in [2.45, 2.75) is 83.5 Å². The molecule has 0 aromatic heterocycles. The average Bonchev–Trinajstić information content (AvgIpc) is 2.79. The largest absolute Gasteiger partial charge is 0.393 e. The molecule has 0 spiro atoms. The van der Waals surface area contributed by atoms with Crippen LogP contribution in [0.3, 0.4) is 0 Å². The molecule has 3 N–H and O–H groups in total. The molecule has 4 aliphatic rings. The number of hydrogen-bond donors (Lipinski definition) is 3. The van der Waals surface area contributed by atoms with Crippen LogP contribution in [-0.2, 0) is 0 Å². The summed E-state index contributed by atoms with van der Waals surface area (Å²) in [6, 6.07) is 0. The highest BCUT2D eigenvalue weighted by molar-refractivity contribution is 5.12. The van der Waals surface area contributed by atoms with Gasteiger partial charge in [0.15, 0.2) is 0 Å². The van der Waals surface area contributed by atoms with Crippen molar-refractivity contribution in [1.29, 1.82) is 0 Å². The van der Waals surface area contributed by atoms with Crippen molar-refractivity contribution in [3.8, 4) is 0 Å². The first-order valence-corrected chi connectivity index (χ1v) is 9.41. The summed E-state index contributed by atoms with van der Waals surface area (Å²) < 4.78 is 0. The molecule has 0 bridgehead atoms. The smallest absolute Gasteiger partial charge is 0.0624 e. The van der Waals surface area contributed by atoms with E-state index in [-0.39, 0.29) is 29.1 Å². The lowest BCUT2D eigenvalue weighted by molar-refractivity contribution is -0.180. The van der Waals surface area contributed by atoms with Gasteiger partial charge < -0.3 is 15.3 Å². The van der Waals surface area contributed by atoms with E-state index in [2.05, 4.69) is 13.8 Å². The second-order valence-corrected chi connectivity index (χ2v) is 9.30. The molecule has 0 radical (unpaired) electrons. The number of aliphatic hydroxyl groups excluding tert-OH is 3. The maximum atomic E-state index is 10.9. The lowest BCUT2D eigenvalue weighted by atomic mass is 9.44. The van der Waals surface area contributed by atoms with Gasteiger partial charge in [-0.25, -0.2) is 0 Å². The first-order chi connectivity index (χ1) is 10.4.